The molecule has 6 aliphatic rings. The van der Waals surface area contributed by atoms with E-state index >= 15 is 0 Å². The van der Waals surface area contributed by atoms with E-state index in [0.29, 0.717) is 5.92 Å². The monoisotopic (exact) mass is 433 g/mol. The smallest absolute Gasteiger partial charge is 0.230 e. The molecule has 0 fully saturated rings. The molecular weight excluding hydrogens is 412 g/mol. The molecule has 34 heavy (non-hydrogen) atoms. The second kappa shape index (κ2) is 5.00. The number of nitrogens with zero attached hydrogens (tertiary/aromatic N) is 2. The fourth-order valence-corrected chi connectivity index (χ4v) is 8.51. The highest BCUT2D eigenvalue weighted by molar-refractivity contribution is 5.77. The molecule has 3 aromatic carbocycles. The van der Waals surface area contributed by atoms with E-state index in [1.165, 1.54) is 61.5 Å². The van der Waals surface area contributed by atoms with E-state index in [1.54, 1.807) is 11.1 Å². The first kappa shape index (κ1) is 16.8. The maximum absolute atomic E-state index is 4.60. The van der Waals surface area contributed by atoms with Crippen molar-refractivity contribution in [3.63, 3.8) is 0 Å². The molecule has 0 amide bonds. The average molecular weight is 434 g/mol. The third-order valence-corrected chi connectivity index (χ3v) is 9.47. The number of aromatic nitrogens is 1. The largest absolute Gasteiger partial charge is 0.395 e. The number of pyridine rings is 1. The Balaban J connectivity index is 1.49. The predicted octanol–water partition coefficient (Wildman–Crippen LogP) is 4.32. The van der Waals surface area contributed by atoms with Crippen LogP contribution in [0.25, 0.3) is 0 Å². The number of benzene rings is 3. The van der Waals surface area contributed by atoms with Crippen molar-refractivity contribution >= 4 is 6.21 Å². The summed E-state index contributed by atoms with van der Waals surface area (Å²) in [7, 11) is 0. The molecule has 3 aliphatic heterocycles. The van der Waals surface area contributed by atoms with Crippen LogP contribution in [0.15, 0.2) is 72.9 Å². The molecule has 158 valence electrons. The fourth-order valence-electron chi connectivity index (χ4n) is 8.51. The van der Waals surface area contributed by atoms with Crippen LogP contribution in [0.2, 0.25) is 0 Å². The number of hydrogen-bond acceptors (Lipinski definition) is 0. The van der Waals surface area contributed by atoms with Crippen LogP contribution in [0.1, 0.15) is 78.5 Å². The Kier molecular flexibility index (Phi) is 2.47. The molecule has 10 rings (SSSR count). The average Bonchev–Trinajstić information content (AvgIpc) is 3.21. The Morgan fingerprint density at radius 2 is 1.29 bits per heavy atom. The molecule has 1 aromatic heterocycles. The zero-order chi connectivity index (χ0) is 21.9. The van der Waals surface area contributed by atoms with Gasteiger partial charge in [-0.3, -0.25) is 0 Å². The van der Waals surface area contributed by atoms with Crippen molar-refractivity contribution in [1.82, 2.24) is 0 Å². The lowest BCUT2D eigenvalue weighted by molar-refractivity contribution is -0.886. The minimum absolute atomic E-state index is 0.324. The molecule has 2 atom stereocenters. The van der Waals surface area contributed by atoms with Gasteiger partial charge in [-0.25, -0.2) is 4.58 Å². The highest BCUT2D eigenvalue weighted by atomic mass is 15.4. The summed E-state index contributed by atoms with van der Waals surface area (Å²) in [5.74, 6) is 0.324. The maximum Gasteiger partial charge on any atom is 0.395 e. The molecule has 3 aliphatic carbocycles. The van der Waals surface area contributed by atoms with Crippen LogP contribution < -0.4 is 4.57 Å². The first-order valence-electron chi connectivity index (χ1n) is 12.4. The molecule has 0 N–H and O–H groups in total. The van der Waals surface area contributed by atoms with Gasteiger partial charge < -0.3 is 0 Å². The van der Waals surface area contributed by atoms with Crippen LogP contribution in [-0.2, 0) is 31.3 Å². The standard InChI is InChI=1S/C32H21N2/c1-17-12-21-6-3-7-22-15-23-9-8-20-13-18-4-2-5-19-14-24-10-11-25-16-33(17)32(29(21)22)30(23)27(20)28(26(18)19)31(24)34(25)32/h2-11,28H,1,12-15H2/q+1. The summed E-state index contributed by atoms with van der Waals surface area (Å²) in [6, 6.07) is 23.5. The molecule has 0 saturated heterocycles. The van der Waals surface area contributed by atoms with Crippen LogP contribution in [0.5, 0.6) is 0 Å². The fraction of sp³-hybridized carbons (Fsp3) is 0.188. The van der Waals surface area contributed by atoms with Gasteiger partial charge in [0, 0.05) is 18.4 Å². The lowest BCUT2D eigenvalue weighted by Gasteiger charge is -2.46. The summed E-state index contributed by atoms with van der Waals surface area (Å²) in [6.07, 6.45) is 7.82. The van der Waals surface area contributed by atoms with Crippen molar-refractivity contribution in [1.29, 1.82) is 0 Å². The Hall–Kier alpha value is -3.78. The lowest BCUT2D eigenvalue weighted by Crippen LogP contribution is -2.69. The van der Waals surface area contributed by atoms with E-state index in [2.05, 4.69) is 82.6 Å². The van der Waals surface area contributed by atoms with Gasteiger partial charge in [0.2, 0.25) is 5.69 Å². The van der Waals surface area contributed by atoms with E-state index in [0.717, 1.165) is 31.4 Å². The maximum atomic E-state index is 4.60. The minimum Gasteiger partial charge on any atom is -0.230 e. The Labute approximate surface area is 198 Å². The first-order chi connectivity index (χ1) is 16.7. The predicted molar refractivity (Wildman–Crippen MR) is 129 cm³/mol. The SMILES string of the molecule is C=C1Cc2cccc3c2C24c5c(ccc6c5C5c7c(cccc7Cc7ccc([n+]2c75)[C-]=[N+]14)C6)C3. The Bertz CT molecular complexity index is 1770. The highest BCUT2D eigenvalue weighted by Gasteiger charge is 2.69. The van der Waals surface area contributed by atoms with E-state index in [9.17, 15) is 0 Å². The van der Waals surface area contributed by atoms with Gasteiger partial charge in [-0.2, -0.15) is 0 Å². The topological polar surface area (TPSA) is 6.89 Å². The zero-order valence-corrected chi connectivity index (χ0v) is 18.8. The van der Waals surface area contributed by atoms with Gasteiger partial charge in [-0.05, 0) is 57.3 Å². The van der Waals surface area contributed by atoms with E-state index in [-0.39, 0.29) is 5.66 Å². The first-order valence-corrected chi connectivity index (χ1v) is 12.4. The van der Waals surface area contributed by atoms with Crippen LogP contribution in [-0.4, -0.2) is 10.8 Å². The van der Waals surface area contributed by atoms with Crippen molar-refractivity contribution < 1.29 is 9.14 Å². The molecule has 2 unspecified atom stereocenters. The molecule has 4 heterocycles. The summed E-state index contributed by atoms with van der Waals surface area (Å²) < 4.78 is 5.12. The van der Waals surface area contributed by atoms with Crippen LogP contribution in [0.3, 0.4) is 0 Å². The van der Waals surface area contributed by atoms with Crippen molar-refractivity contribution in [2.75, 3.05) is 0 Å². The van der Waals surface area contributed by atoms with Gasteiger partial charge in [0.15, 0.2) is 11.9 Å². The number of hydrogen-bond donors (Lipinski definition) is 0. The summed E-state index contributed by atoms with van der Waals surface area (Å²) in [4.78, 5) is 0. The third-order valence-electron chi connectivity index (χ3n) is 9.47. The Morgan fingerprint density at radius 3 is 2.15 bits per heavy atom. The minimum atomic E-state index is -0.374. The van der Waals surface area contributed by atoms with Crippen LogP contribution >= 0.6 is 0 Å². The normalized spacial score (nSPS) is 24.1. The summed E-state index contributed by atoms with van der Waals surface area (Å²) in [5, 5.41) is 0. The van der Waals surface area contributed by atoms with Crippen molar-refractivity contribution in [2.45, 2.75) is 37.3 Å². The molecule has 2 heteroatoms. The van der Waals surface area contributed by atoms with Gasteiger partial charge in [0.1, 0.15) is 11.1 Å². The van der Waals surface area contributed by atoms with Gasteiger partial charge >= 0.3 is 5.66 Å². The second-order valence-electron chi connectivity index (χ2n) is 10.9. The Morgan fingerprint density at radius 1 is 0.676 bits per heavy atom. The molecule has 0 radical (unpaired) electrons. The molecule has 1 spiro atoms. The van der Waals surface area contributed by atoms with Gasteiger partial charge in [0.05, 0.1) is 11.6 Å². The van der Waals surface area contributed by atoms with Crippen LogP contribution in [0, 0.1) is 0 Å². The highest BCUT2D eigenvalue weighted by Crippen LogP contribution is 2.58. The van der Waals surface area contributed by atoms with Gasteiger partial charge in [0.25, 0.3) is 0 Å². The lowest BCUT2D eigenvalue weighted by atomic mass is 9.60. The summed E-state index contributed by atoms with van der Waals surface area (Å²) in [6.45, 7) is 4.60. The number of allylic oxidation sites excluding steroid dienone is 1. The molecular formula is C32H21N2+. The molecule has 0 saturated carbocycles. The van der Waals surface area contributed by atoms with Crippen molar-refractivity contribution in [3.8, 4) is 0 Å². The zero-order valence-electron chi connectivity index (χ0n) is 18.8. The van der Waals surface area contributed by atoms with E-state index < -0.39 is 0 Å². The summed E-state index contributed by atoms with van der Waals surface area (Å²) >= 11 is 0. The van der Waals surface area contributed by atoms with Crippen LogP contribution in [0.4, 0.5) is 0 Å². The molecule has 0 bridgehead atoms. The third kappa shape index (κ3) is 1.50. The second-order valence-corrected chi connectivity index (χ2v) is 10.9. The molecule has 4 aromatic rings. The number of rotatable bonds is 0. The van der Waals surface area contributed by atoms with Gasteiger partial charge in [-0.1, -0.05) is 61.2 Å². The van der Waals surface area contributed by atoms with E-state index in [4.69, 9.17) is 0 Å². The molecule has 2 nitrogen and oxygen atoms in total. The quantitative estimate of drug-likeness (QED) is 0.249. The van der Waals surface area contributed by atoms with Crippen molar-refractivity contribution in [3.05, 3.63) is 146 Å². The van der Waals surface area contributed by atoms with E-state index in [1.807, 2.05) is 0 Å². The summed E-state index contributed by atoms with van der Waals surface area (Å²) in [5.41, 5.74) is 20.1. The van der Waals surface area contributed by atoms with Gasteiger partial charge in [-0.15, -0.1) is 10.6 Å². The van der Waals surface area contributed by atoms with Crippen molar-refractivity contribution in [2.24, 2.45) is 0 Å².